The number of hydrogen-bond donors (Lipinski definition) is 0. The maximum Gasteiger partial charge on any atom is 0.442 e. The third-order valence-corrected chi connectivity index (χ3v) is 3.45. The average molecular weight is 332 g/mol. The lowest BCUT2D eigenvalue weighted by molar-refractivity contribution is 0.351. The van der Waals surface area contributed by atoms with Gasteiger partial charge < -0.3 is 14.0 Å². The van der Waals surface area contributed by atoms with E-state index in [4.69, 9.17) is 18.5 Å². The third-order valence-electron chi connectivity index (χ3n) is 3.45. The molecule has 0 aliphatic rings. The fourth-order valence-electron chi connectivity index (χ4n) is 2.22. The monoisotopic (exact) mass is 332 g/mol. The first-order chi connectivity index (χ1) is 11.7. The van der Waals surface area contributed by atoms with E-state index in [9.17, 15) is 4.79 Å². The van der Waals surface area contributed by atoms with Gasteiger partial charge in [0.05, 0.1) is 14.2 Å². The van der Waals surface area contributed by atoms with Crippen molar-refractivity contribution in [2.24, 2.45) is 0 Å². The van der Waals surface area contributed by atoms with Crippen molar-refractivity contribution in [2.75, 3.05) is 14.2 Å². The minimum atomic E-state index is -0.615. The van der Waals surface area contributed by atoms with Crippen LogP contribution in [0.1, 0.15) is 18.6 Å². The van der Waals surface area contributed by atoms with Crippen LogP contribution in [-0.4, -0.2) is 34.1 Å². The van der Waals surface area contributed by atoms with E-state index in [0.717, 1.165) is 0 Å². The minimum absolute atomic E-state index is 0.0685. The molecule has 3 rings (SSSR count). The van der Waals surface area contributed by atoms with Crippen molar-refractivity contribution in [1.82, 2.24) is 19.9 Å². The number of rotatable bonds is 6. The zero-order valence-corrected chi connectivity index (χ0v) is 13.5. The molecule has 1 aromatic carbocycles. The van der Waals surface area contributed by atoms with Gasteiger partial charge in [-0.05, 0) is 18.2 Å². The Morgan fingerprint density at radius 2 is 1.92 bits per heavy atom. The van der Waals surface area contributed by atoms with E-state index in [1.807, 2.05) is 6.92 Å². The SMILES string of the molecule is CCc1noc(Cn2c(-c3ccc(OC)c(OC)c3)noc2=O)n1. The summed E-state index contributed by atoms with van der Waals surface area (Å²) in [5.41, 5.74) is 0.633. The van der Waals surface area contributed by atoms with Gasteiger partial charge in [0.25, 0.3) is 0 Å². The van der Waals surface area contributed by atoms with Crippen molar-refractivity contribution in [3.05, 3.63) is 40.5 Å². The Kier molecular flexibility index (Phi) is 4.32. The van der Waals surface area contributed by atoms with Crippen molar-refractivity contribution >= 4 is 0 Å². The predicted molar refractivity (Wildman–Crippen MR) is 82.1 cm³/mol. The molecule has 0 saturated carbocycles. The number of aromatic nitrogens is 4. The van der Waals surface area contributed by atoms with Gasteiger partial charge in [0.15, 0.2) is 23.1 Å². The number of hydrogen-bond acceptors (Lipinski definition) is 8. The number of methoxy groups -OCH3 is 2. The van der Waals surface area contributed by atoms with Crippen LogP contribution in [0.2, 0.25) is 0 Å². The second kappa shape index (κ2) is 6.57. The highest BCUT2D eigenvalue weighted by Crippen LogP contribution is 2.31. The Balaban J connectivity index is 1.99. The van der Waals surface area contributed by atoms with Gasteiger partial charge in [-0.1, -0.05) is 17.2 Å². The Morgan fingerprint density at radius 1 is 1.12 bits per heavy atom. The van der Waals surface area contributed by atoms with E-state index in [2.05, 4.69) is 15.3 Å². The quantitative estimate of drug-likeness (QED) is 0.669. The van der Waals surface area contributed by atoms with Crippen molar-refractivity contribution in [1.29, 1.82) is 0 Å². The Labute approximate surface area is 136 Å². The van der Waals surface area contributed by atoms with Gasteiger partial charge in [-0.15, -0.1) is 0 Å². The van der Waals surface area contributed by atoms with E-state index < -0.39 is 5.76 Å². The first kappa shape index (κ1) is 15.8. The lowest BCUT2D eigenvalue weighted by atomic mass is 10.2. The molecule has 0 bridgehead atoms. The second-order valence-corrected chi connectivity index (χ2v) is 4.89. The Morgan fingerprint density at radius 3 is 2.58 bits per heavy atom. The molecule has 0 amide bonds. The van der Waals surface area contributed by atoms with Crippen molar-refractivity contribution in [3.8, 4) is 22.9 Å². The van der Waals surface area contributed by atoms with E-state index in [1.165, 1.54) is 11.7 Å². The van der Waals surface area contributed by atoms with Gasteiger partial charge in [-0.3, -0.25) is 4.52 Å². The summed E-state index contributed by atoms with van der Waals surface area (Å²) < 4.78 is 21.7. The lowest BCUT2D eigenvalue weighted by Crippen LogP contribution is -2.16. The third kappa shape index (κ3) is 2.87. The van der Waals surface area contributed by atoms with E-state index in [0.29, 0.717) is 41.0 Å². The van der Waals surface area contributed by atoms with Crippen LogP contribution in [-0.2, 0) is 13.0 Å². The number of aryl methyl sites for hydroxylation is 1. The topological polar surface area (TPSA) is 105 Å². The summed E-state index contributed by atoms with van der Waals surface area (Å²) in [7, 11) is 3.08. The summed E-state index contributed by atoms with van der Waals surface area (Å²) in [5.74, 6) is 1.68. The molecule has 0 aliphatic heterocycles. The normalized spacial score (nSPS) is 10.8. The van der Waals surface area contributed by atoms with E-state index >= 15 is 0 Å². The van der Waals surface area contributed by atoms with Crippen LogP contribution in [0.25, 0.3) is 11.4 Å². The molecule has 0 N–H and O–H groups in total. The maximum absolute atomic E-state index is 12.0. The number of benzene rings is 1. The molecule has 0 unspecified atom stereocenters. The standard InChI is InChI=1S/C15H16N4O5/c1-4-12-16-13(23-17-12)8-19-14(18-24-15(19)20)9-5-6-10(21-2)11(7-9)22-3/h5-7H,4,8H2,1-3H3. The molecular formula is C15H16N4O5. The molecule has 24 heavy (non-hydrogen) atoms. The summed E-state index contributed by atoms with van der Waals surface area (Å²) in [6, 6.07) is 5.18. The summed E-state index contributed by atoms with van der Waals surface area (Å²) in [6.07, 6.45) is 0.643. The minimum Gasteiger partial charge on any atom is -0.493 e. The zero-order valence-electron chi connectivity index (χ0n) is 13.5. The molecular weight excluding hydrogens is 316 g/mol. The molecule has 3 aromatic rings. The number of nitrogens with zero attached hydrogens (tertiary/aromatic N) is 4. The van der Waals surface area contributed by atoms with Gasteiger partial charge in [0.1, 0.15) is 6.54 Å². The molecule has 0 spiro atoms. The number of ether oxygens (including phenoxy) is 2. The molecule has 9 heteroatoms. The van der Waals surface area contributed by atoms with Crippen LogP contribution in [0.5, 0.6) is 11.5 Å². The van der Waals surface area contributed by atoms with E-state index in [-0.39, 0.29) is 6.54 Å². The van der Waals surface area contributed by atoms with Gasteiger partial charge in [-0.2, -0.15) is 4.98 Å². The summed E-state index contributed by atoms with van der Waals surface area (Å²) in [5, 5.41) is 7.64. The molecule has 2 heterocycles. The van der Waals surface area contributed by atoms with Crippen LogP contribution >= 0.6 is 0 Å². The first-order valence-corrected chi connectivity index (χ1v) is 7.26. The Bertz CT molecular complexity index is 895. The van der Waals surface area contributed by atoms with Crippen molar-refractivity contribution in [2.45, 2.75) is 19.9 Å². The van der Waals surface area contributed by atoms with Crippen LogP contribution in [0.15, 0.2) is 32.0 Å². The van der Waals surface area contributed by atoms with Gasteiger partial charge >= 0.3 is 5.76 Å². The highest BCUT2D eigenvalue weighted by atomic mass is 16.5. The highest BCUT2D eigenvalue weighted by Gasteiger charge is 2.18. The second-order valence-electron chi connectivity index (χ2n) is 4.89. The summed E-state index contributed by atoms with van der Waals surface area (Å²) in [4.78, 5) is 16.1. The molecule has 0 aliphatic carbocycles. The molecule has 0 radical (unpaired) electrons. The van der Waals surface area contributed by atoms with Gasteiger partial charge in [0.2, 0.25) is 5.89 Å². The highest BCUT2D eigenvalue weighted by molar-refractivity contribution is 5.61. The zero-order chi connectivity index (χ0) is 17.1. The Hall–Kier alpha value is -3.10. The van der Waals surface area contributed by atoms with E-state index in [1.54, 1.807) is 25.3 Å². The molecule has 9 nitrogen and oxygen atoms in total. The van der Waals surface area contributed by atoms with Gasteiger partial charge in [0, 0.05) is 12.0 Å². The van der Waals surface area contributed by atoms with Crippen molar-refractivity contribution < 1.29 is 18.5 Å². The average Bonchev–Trinajstić information content (AvgIpc) is 3.22. The summed E-state index contributed by atoms with van der Waals surface area (Å²) in [6.45, 7) is 1.98. The van der Waals surface area contributed by atoms with Crippen LogP contribution in [0, 0.1) is 0 Å². The fourth-order valence-corrected chi connectivity index (χ4v) is 2.22. The first-order valence-electron chi connectivity index (χ1n) is 7.26. The summed E-state index contributed by atoms with van der Waals surface area (Å²) >= 11 is 0. The fraction of sp³-hybridized carbons (Fsp3) is 0.333. The lowest BCUT2D eigenvalue weighted by Gasteiger charge is -2.09. The van der Waals surface area contributed by atoms with Crippen molar-refractivity contribution in [3.63, 3.8) is 0 Å². The van der Waals surface area contributed by atoms with Gasteiger partial charge in [-0.25, -0.2) is 9.36 Å². The molecule has 0 saturated heterocycles. The maximum atomic E-state index is 12.0. The van der Waals surface area contributed by atoms with Crippen LogP contribution < -0.4 is 15.2 Å². The molecule has 0 fully saturated rings. The predicted octanol–water partition coefficient (Wildman–Crippen LogP) is 1.51. The molecule has 126 valence electrons. The molecule has 2 aromatic heterocycles. The van der Waals surface area contributed by atoms with Crippen LogP contribution in [0.4, 0.5) is 0 Å². The largest absolute Gasteiger partial charge is 0.493 e. The smallest absolute Gasteiger partial charge is 0.442 e. The molecule has 0 atom stereocenters. The van der Waals surface area contributed by atoms with Crippen LogP contribution in [0.3, 0.4) is 0 Å².